The number of hydrogen-bond donors (Lipinski definition) is 1. The van der Waals surface area contributed by atoms with E-state index in [2.05, 4.69) is 21.2 Å². The number of carbonyl (C=O) groups excluding carboxylic acids is 1. The second-order valence-electron chi connectivity index (χ2n) is 4.39. The van der Waals surface area contributed by atoms with Crippen molar-refractivity contribution < 1.29 is 9.72 Å². The Kier molecular flexibility index (Phi) is 4.84. The predicted molar refractivity (Wildman–Crippen MR) is 74.0 cm³/mol. The highest BCUT2D eigenvalue weighted by atomic mass is 79.9. The summed E-state index contributed by atoms with van der Waals surface area (Å²) in [5, 5.41) is 13.4. The summed E-state index contributed by atoms with van der Waals surface area (Å²) in [7, 11) is 0. The molecule has 1 N–H and O–H groups in total. The van der Waals surface area contributed by atoms with Gasteiger partial charge in [0.25, 0.3) is 5.69 Å². The van der Waals surface area contributed by atoms with Crippen molar-refractivity contribution in [2.75, 3.05) is 5.32 Å². The smallest absolute Gasteiger partial charge is 0.272 e. The van der Waals surface area contributed by atoms with E-state index in [9.17, 15) is 14.9 Å². The van der Waals surface area contributed by atoms with Crippen molar-refractivity contribution in [1.29, 1.82) is 0 Å². The number of nitrogens with zero attached hydrogens (tertiary/aromatic N) is 1. The molecule has 5 nitrogen and oxygen atoms in total. The lowest BCUT2D eigenvalue weighted by molar-refractivity contribution is -0.385. The van der Waals surface area contributed by atoms with Crippen LogP contribution in [0.1, 0.15) is 19.4 Å². The van der Waals surface area contributed by atoms with E-state index in [1.807, 2.05) is 13.8 Å². The fourth-order valence-corrected chi connectivity index (χ4v) is 1.57. The Morgan fingerprint density at radius 1 is 1.44 bits per heavy atom. The molecule has 6 heteroatoms. The highest BCUT2D eigenvalue weighted by molar-refractivity contribution is 9.10. The van der Waals surface area contributed by atoms with Gasteiger partial charge in [0.15, 0.2) is 0 Å². The number of aryl methyl sites for hydroxylation is 1. The second kappa shape index (κ2) is 5.95. The van der Waals surface area contributed by atoms with Gasteiger partial charge in [-0.3, -0.25) is 14.9 Å². The third kappa shape index (κ3) is 3.53. The number of carbonyl (C=O) groups is 1. The van der Waals surface area contributed by atoms with Gasteiger partial charge in [-0.05, 0) is 25.0 Å². The van der Waals surface area contributed by atoms with Gasteiger partial charge < -0.3 is 5.32 Å². The molecule has 0 fully saturated rings. The number of amides is 1. The molecule has 0 saturated heterocycles. The van der Waals surface area contributed by atoms with Gasteiger partial charge in [-0.2, -0.15) is 0 Å². The zero-order valence-corrected chi connectivity index (χ0v) is 12.0. The van der Waals surface area contributed by atoms with Gasteiger partial charge in [0, 0.05) is 17.3 Å². The van der Waals surface area contributed by atoms with Crippen molar-refractivity contribution >= 4 is 33.2 Å². The van der Waals surface area contributed by atoms with E-state index >= 15 is 0 Å². The van der Waals surface area contributed by atoms with Crippen LogP contribution in [0, 0.1) is 23.0 Å². The Bertz CT molecular complexity index is 474. The first-order chi connectivity index (χ1) is 8.32. The number of hydrogen-bond acceptors (Lipinski definition) is 3. The number of nitro benzene ring substituents is 1. The maximum atomic E-state index is 11.8. The van der Waals surface area contributed by atoms with E-state index in [1.54, 1.807) is 13.0 Å². The van der Waals surface area contributed by atoms with Gasteiger partial charge in [0.2, 0.25) is 5.91 Å². The molecule has 0 aromatic heterocycles. The van der Waals surface area contributed by atoms with Gasteiger partial charge >= 0.3 is 0 Å². The number of alkyl halides is 1. The molecule has 0 heterocycles. The van der Waals surface area contributed by atoms with Crippen LogP contribution in [0.25, 0.3) is 0 Å². The van der Waals surface area contributed by atoms with Gasteiger partial charge in [0.05, 0.1) is 9.75 Å². The lowest BCUT2D eigenvalue weighted by Gasteiger charge is -2.14. The fraction of sp³-hybridized carbons (Fsp3) is 0.417. The molecule has 1 unspecified atom stereocenters. The molecule has 0 saturated carbocycles. The molecule has 98 valence electrons. The summed E-state index contributed by atoms with van der Waals surface area (Å²) < 4.78 is 0. The SMILES string of the molecule is Cc1cc(NC(=O)C(Br)C(C)C)ccc1[N+](=O)[O-]. The maximum absolute atomic E-state index is 11.8. The summed E-state index contributed by atoms with van der Waals surface area (Å²) in [6.45, 7) is 5.50. The number of benzene rings is 1. The van der Waals surface area contributed by atoms with E-state index in [0.29, 0.717) is 11.3 Å². The molecule has 1 atom stereocenters. The first-order valence-corrected chi connectivity index (χ1v) is 6.44. The summed E-state index contributed by atoms with van der Waals surface area (Å²) in [5.41, 5.74) is 1.13. The largest absolute Gasteiger partial charge is 0.325 e. The Morgan fingerprint density at radius 2 is 2.06 bits per heavy atom. The zero-order chi connectivity index (χ0) is 13.9. The molecule has 0 spiro atoms. The molecular formula is C12H15BrN2O3. The standard InChI is InChI=1S/C12H15BrN2O3/c1-7(2)11(13)12(16)14-9-4-5-10(15(17)18)8(3)6-9/h4-7,11H,1-3H3,(H,14,16). The minimum absolute atomic E-state index is 0.0484. The molecule has 0 aliphatic rings. The number of nitrogens with one attached hydrogen (secondary N) is 1. The summed E-state index contributed by atoms with van der Waals surface area (Å²) in [5.74, 6) is 0.0161. The molecular weight excluding hydrogens is 300 g/mol. The first-order valence-electron chi connectivity index (χ1n) is 5.53. The van der Waals surface area contributed by atoms with Crippen LogP contribution in [0.2, 0.25) is 0 Å². The number of anilines is 1. The first kappa shape index (κ1) is 14.6. The molecule has 0 radical (unpaired) electrons. The Hall–Kier alpha value is -1.43. The van der Waals surface area contributed by atoms with Gasteiger partial charge in [-0.25, -0.2) is 0 Å². The van der Waals surface area contributed by atoms with Crippen LogP contribution >= 0.6 is 15.9 Å². The summed E-state index contributed by atoms with van der Waals surface area (Å²) >= 11 is 3.30. The molecule has 0 bridgehead atoms. The van der Waals surface area contributed by atoms with Crippen LogP contribution in [0.5, 0.6) is 0 Å². The monoisotopic (exact) mass is 314 g/mol. The number of halogens is 1. The van der Waals surface area contributed by atoms with E-state index in [-0.39, 0.29) is 22.3 Å². The van der Waals surface area contributed by atoms with Crippen LogP contribution in [0.3, 0.4) is 0 Å². The fourth-order valence-electron chi connectivity index (χ4n) is 1.45. The Labute approximate surface area is 114 Å². The third-order valence-electron chi connectivity index (χ3n) is 2.50. The summed E-state index contributed by atoms with van der Waals surface area (Å²) in [4.78, 5) is 21.7. The molecule has 0 aliphatic heterocycles. The molecule has 1 aromatic rings. The minimum atomic E-state index is -0.442. The average molecular weight is 315 g/mol. The lowest BCUT2D eigenvalue weighted by atomic mass is 10.1. The Balaban J connectivity index is 2.84. The van der Waals surface area contributed by atoms with Crippen molar-refractivity contribution in [1.82, 2.24) is 0 Å². The second-order valence-corrected chi connectivity index (χ2v) is 5.38. The quantitative estimate of drug-likeness (QED) is 0.526. The minimum Gasteiger partial charge on any atom is -0.325 e. The van der Waals surface area contributed by atoms with Crippen molar-refractivity contribution in [3.05, 3.63) is 33.9 Å². The molecule has 18 heavy (non-hydrogen) atoms. The summed E-state index contributed by atoms with van der Waals surface area (Å²) in [6, 6.07) is 4.52. The number of nitro groups is 1. The van der Waals surface area contributed by atoms with Crippen LogP contribution in [-0.4, -0.2) is 15.7 Å². The van der Waals surface area contributed by atoms with Crippen molar-refractivity contribution in [3.8, 4) is 0 Å². The van der Waals surface area contributed by atoms with Crippen molar-refractivity contribution in [3.63, 3.8) is 0 Å². The van der Waals surface area contributed by atoms with Crippen LogP contribution in [-0.2, 0) is 4.79 Å². The van der Waals surface area contributed by atoms with Gasteiger partial charge in [-0.15, -0.1) is 0 Å². The topological polar surface area (TPSA) is 72.2 Å². The van der Waals surface area contributed by atoms with Crippen LogP contribution in [0.4, 0.5) is 11.4 Å². The average Bonchev–Trinajstić information content (AvgIpc) is 2.27. The third-order valence-corrected chi connectivity index (χ3v) is 3.97. The number of rotatable bonds is 4. The lowest BCUT2D eigenvalue weighted by Crippen LogP contribution is -2.27. The van der Waals surface area contributed by atoms with E-state index in [0.717, 1.165) is 0 Å². The zero-order valence-electron chi connectivity index (χ0n) is 10.4. The van der Waals surface area contributed by atoms with Crippen molar-refractivity contribution in [2.45, 2.75) is 25.6 Å². The van der Waals surface area contributed by atoms with E-state index < -0.39 is 4.92 Å². The van der Waals surface area contributed by atoms with E-state index in [4.69, 9.17) is 0 Å². The van der Waals surface area contributed by atoms with Gasteiger partial charge in [-0.1, -0.05) is 29.8 Å². The molecule has 0 aliphatic carbocycles. The van der Waals surface area contributed by atoms with Crippen molar-refractivity contribution in [2.24, 2.45) is 5.92 Å². The van der Waals surface area contributed by atoms with Crippen LogP contribution in [0.15, 0.2) is 18.2 Å². The van der Waals surface area contributed by atoms with Gasteiger partial charge in [0.1, 0.15) is 0 Å². The predicted octanol–water partition coefficient (Wildman–Crippen LogP) is 3.26. The highest BCUT2D eigenvalue weighted by Crippen LogP contribution is 2.22. The molecule has 1 amide bonds. The highest BCUT2D eigenvalue weighted by Gasteiger charge is 2.19. The van der Waals surface area contributed by atoms with Crippen LogP contribution < -0.4 is 5.32 Å². The molecule has 1 aromatic carbocycles. The maximum Gasteiger partial charge on any atom is 0.272 e. The summed E-state index contributed by atoms with van der Waals surface area (Å²) in [6.07, 6.45) is 0. The normalized spacial score (nSPS) is 12.3. The van der Waals surface area contributed by atoms with E-state index in [1.165, 1.54) is 12.1 Å². The Morgan fingerprint density at radius 3 is 2.50 bits per heavy atom. The molecule has 1 rings (SSSR count).